The Balaban J connectivity index is 2.30. The van der Waals surface area contributed by atoms with Crippen LogP contribution in [0.2, 0.25) is 15.1 Å². The van der Waals surface area contributed by atoms with Crippen LogP contribution in [0, 0.1) is 0 Å². The highest BCUT2D eigenvalue weighted by atomic mass is 35.5. The Morgan fingerprint density at radius 1 is 1.06 bits per heavy atom. The molecule has 0 spiro atoms. The lowest BCUT2D eigenvalue weighted by molar-refractivity contribution is 0.281. The molecule has 0 atom stereocenters. The summed E-state index contributed by atoms with van der Waals surface area (Å²) in [6.45, 7) is -0.0893. The molecule has 1 aromatic carbocycles. The summed E-state index contributed by atoms with van der Waals surface area (Å²) >= 11 is 17.7. The Hall–Kier alpha value is -1.000. The number of ether oxygens (including phenoxy) is 1. The highest BCUT2D eigenvalue weighted by molar-refractivity contribution is 6.43. The van der Waals surface area contributed by atoms with Gasteiger partial charge in [-0.25, -0.2) is 4.98 Å². The number of hydrogen-bond acceptors (Lipinski definition) is 3. The first-order valence-electron chi connectivity index (χ1n) is 4.98. The van der Waals surface area contributed by atoms with Gasteiger partial charge in [0.05, 0.1) is 21.7 Å². The van der Waals surface area contributed by atoms with Crippen LogP contribution >= 0.6 is 34.8 Å². The van der Waals surface area contributed by atoms with Gasteiger partial charge in [0, 0.05) is 18.3 Å². The molecule has 1 aromatic heterocycles. The van der Waals surface area contributed by atoms with Crippen LogP contribution in [-0.2, 0) is 6.61 Å². The van der Waals surface area contributed by atoms with Gasteiger partial charge in [0.25, 0.3) is 0 Å². The summed E-state index contributed by atoms with van der Waals surface area (Å²) in [6.07, 6.45) is 1.53. The van der Waals surface area contributed by atoms with Gasteiger partial charge in [-0.15, -0.1) is 0 Å². The molecule has 1 heterocycles. The van der Waals surface area contributed by atoms with Crippen LogP contribution in [0.1, 0.15) is 5.56 Å². The minimum absolute atomic E-state index is 0.0893. The van der Waals surface area contributed by atoms with Crippen molar-refractivity contribution in [2.75, 3.05) is 0 Å². The number of rotatable bonds is 3. The van der Waals surface area contributed by atoms with Crippen LogP contribution in [0.4, 0.5) is 0 Å². The van der Waals surface area contributed by atoms with E-state index in [0.717, 1.165) is 0 Å². The van der Waals surface area contributed by atoms with Gasteiger partial charge in [0.1, 0.15) is 5.75 Å². The van der Waals surface area contributed by atoms with E-state index in [1.807, 2.05) is 0 Å². The van der Waals surface area contributed by atoms with Gasteiger partial charge < -0.3 is 9.84 Å². The number of aromatic nitrogens is 1. The van der Waals surface area contributed by atoms with Crippen LogP contribution < -0.4 is 4.74 Å². The smallest absolute Gasteiger partial charge is 0.219 e. The van der Waals surface area contributed by atoms with E-state index in [1.165, 1.54) is 18.3 Å². The fourth-order valence-corrected chi connectivity index (χ4v) is 1.88. The number of benzene rings is 1. The molecule has 3 nitrogen and oxygen atoms in total. The Bertz CT molecular complexity index is 575. The van der Waals surface area contributed by atoms with Crippen molar-refractivity contribution in [2.45, 2.75) is 6.61 Å². The molecule has 0 saturated heterocycles. The molecule has 0 radical (unpaired) electrons. The van der Waals surface area contributed by atoms with E-state index < -0.39 is 0 Å². The lowest BCUT2D eigenvalue weighted by atomic mass is 10.3. The lowest BCUT2D eigenvalue weighted by Gasteiger charge is -2.08. The van der Waals surface area contributed by atoms with E-state index in [0.29, 0.717) is 32.3 Å². The van der Waals surface area contributed by atoms with Gasteiger partial charge in [-0.05, 0) is 17.7 Å². The normalized spacial score (nSPS) is 10.4. The molecule has 0 aliphatic heterocycles. The first-order chi connectivity index (χ1) is 8.60. The monoisotopic (exact) mass is 303 g/mol. The largest absolute Gasteiger partial charge is 0.437 e. The van der Waals surface area contributed by atoms with Gasteiger partial charge in [-0.3, -0.25) is 0 Å². The molecule has 0 unspecified atom stereocenters. The van der Waals surface area contributed by atoms with Crippen LogP contribution in [0.15, 0.2) is 30.5 Å². The van der Waals surface area contributed by atoms with Gasteiger partial charge >= 0.3 is 0 Å². The van der Waals surface area contributed by atoms with E-state index >= 15 is 0 Å². The number of aliphatic hydroxyl groups excluding tert-OH is 1. The zero-order valence-electron chi connectivity index (χ0n) is 9.03. The number of hydrogen-bond donors (Lipinski definition) is 1. The number of aliphatic hydroxyl groups is 1. The standard InChI is InChI=1S/C12H8Cl3NO2/c13-8-4-10(15)11(5-9(8)14)18-12-3-7(6-17)1-2-16-12/h1-5,17H,6H2. The molecule has 0 aliphatic rings. The fourth-order valence-electron chi connectivity index (χ4n) is 1.30. The van der Waals surface area contributed by atoms with Gasteiger partial charge in [0.2, 0.25) is 5.88 Å². The van der Waals surface area contributed by atoms with Crippen LogP contribution in [0.3, 0.4) is 0 Å². The van der Waals surface area contributed by atoms with E-state index in [1.54, 1.807) is 12.1 Å². The predicted molar refractivity (Wildman–Crippen MR) is 71.7 cm³/mol. The molecule has 18 heavy (non-hydrogen) atoms. The second kappa shape index (κ2) is 5.76. The molecule has 0 fully saturated rings. The van der Waals surface area contributed by atoms with E-state index in [4.69, 9.17) is 44.6 Å². The summed E-state index contributed by atoms with van der Waals surface area (Å²) in [5, 5.41) is 10.0. The van der Waals surface area contributed by atoms with E-state index in [2.05, 4.69) is 4.98 Å². The number of halogens is 3. The average Bonchev–Trinajstić information content (AvgIpc) is 2.36. The summed E-state index contributed by atoms with van der Waals surface area (Å²) in [6, 6.07) is 6.30. The molecule has 0 aliphatic carbocycles. The van der Waals surface area contributed by atoms with Crippen molar-refractivity contribution in [1.29, 1.82) is 0 Å². The van der Waals surface area contributed by atoms with Crippen molar-refractivity contribution in [1.82, 2.24) is 4.98 Å². The summed E-state index contributed by atoms with van der Waals surface area (Å²) < 4.78 is 5.49. The lowest BCUT2D eigenvalue weighted by Crippen LogP contribution is -1.91. The van der Waals surface area contributed by atoms with Crippen LogP contribution in [0.5, 0.6) is 11.6 Å². The fraction of sp³-hybridized carbons (Fsp3) is 0.0833. The summed E-state index contributed by atoms with van der Waals surface area (Å²) in [5.41, 5.74) is 0.691. The van der Waals surface area contributed by atoms with E-state index in [9.17, 15) is 0 Å². The second-order valence-electron chi connectivity index (χ2n) is 3.46. The average molecular weight is 305 g/mol. The second-order valence-corrected chi connectivity index (χ2v) is 4.68. The van der Waals surface area contributed by atoms with Crippen molar-refractivity contribution in [3.8, 4) is 11.6 Å². The van der Waals surface area contributed by atoms with Crippen molar-refractivity contribution < 1.29 is 9.84 Å². The molecule has 2 rings (SSSR count). The van der Waals surface area contributed by atoms with Gasteiger partial charge in [-0.1, -0.05) is 34.8 Å². The summed E-state index contributed by atoms with van der Waals surface area (Å²) in [4.78, 5) is 4.01. The summed E-state index contributed by atoms with van der Waals surface area (Å²) in [7, 11) is 0. The molecule has 0 saturated carbocycles. The maximum Gasteiger partial charge on any atom is 0.219 e. The molecular formula is C12H8Cl3NO2. The first kappa shape index (κ1) is 13.4. The zero-order valence-corrected chi connectivity index (χ0v) is 11.3. The molecule has 0 bridgehead atoms. The molecule has 2 aromatic rings. The SMILES string of the molecule is OCc1ccnc(Oc2cc(Cl)c(Cl)cc2Cl)c1. The minimum atomic E-state index is -0.0893. The Labute approximate surface area is 119 Å². The third-order valence-electron chi connectivity index (χ3n) is 2.17. The first-order valence-corrected chi connectivity index (χ1v) is 6.11. The molecular weight excluding hydrogens is 296 g/mol. The predicted octanol–water partition coefficient (Wildman–Crippen LogP) is 4.33. The highest BCUT2D eigenvalue weighted by Gasteiger charge is 2.09. The highest BCUT2D eigenvalue weighted by Crippen LogP contribution is 2.35. The summed E-state index contributed by atoms with van der Waals surface area (Å²) in [5.74, 6) is 0.676. The Morgan fingerprint density at radius 3 is 2.50 bits per heavy atom. The molecule has 94 valence electrons. The molecule has 1 N–H and O–H groups in total. The maximum absolute atomic E-state index is 9.02. The van der Waals surface area contributed by atoms with Crippen molar-refractivity contribution in [2.24, 2.45) is 0 Å². The zero-order chi connectivity index (χ0) is 13.1. The van der Waals surface area contributed by atoms with Crippen molar-refractivity contribution in [3.63, 3.8) is 0 Å². The Morgan fingerprint density at radius 2 is 1.78 bits per heavy atom. The maximum atomic E-state index is 9.02. The minimum Gasteiger partial charge on any atom is -0.437 e. The third-order valence-corrected chi connectivity index (χ3v) is 3.19. The van der Waals surface area contributed by atoms with Crippen LogP contribution in [-0.4, -0.2) is 10.1 Å². The molecule has 0 amide bonds. The number of pyridine rings is 1. The van der Waals surface area contributed by atoms with Gasteiger partial charge in [-0.2, -0.15) is 0 Å². The third kappa shape index (κ3) is 3.06. The van der Waals surface area contributed by atoms with Crippen molar-refractivity contribution in [3.05, 3.63) is 51.1 Å². The van der Waals surface area contributed by atoms with Crippen molar-refractivity contribution >= 4 is 34.8 Å². The number of nitrogens with zero attached hydrogens (tertiary/aromatic N) is 1. The Kier molecular flexibility index (Phi) is 4.30. The van der Waals surface area contributed by atoms with E-state index in [-0.39, 0.29) is 6.61 Å². The quantitative estimate of drug-likeness (QED) is 0.858. The topological polar surface area (TPSA) is 42.4 Å². The molecule has 6 heteroatoms. The van der Waals surface area contributed by atoms with Gasteiger partial charge in [0.15, 0.2) is 0 Å². The van der Waals surface area contributed by atoms with Crippen LogP contribution in [0.25, 0.3) is 0 Å².